The first-order chi connectivity index (χ1) is 9.63. The number of carbonyl (C=O) groups is 1. The summed E-state index contributed by atoms with van der Waals surface area (Å²) in [6.07, 6.45) is 4.35. The highest BCUT2D eigenvalue weighted by Crippen LogP contribution is 2.32. The van der Waals surface area contributed by atoms with Gasteiger partial charge < -0.3 is 9.42 Å². The second kappa shape index (κ2) is 5.52. The number of rotatable bonds is 4. The van der Waals surface area contributed by atoms with Gasteiger partial charge in [-0.3, -0.25) is 9.69 Å². The molecule has 6 nitrogen and oxygen atoms in total. The van der Waals surface area contributed by atoms with Crippen LogP contribution in [0.2, 0.25) is 0 Å². The fraction of sp³-hybridized carbons (Fsp3) is 0.786. The number of amides is 1. The van der Waals surface area contributed by atoms with Gasteiger partial charge in [0.1, 0.15) is 0 Å². The van der Waals surface area contributed by atoms with Gasteiger partial charge in [0.15, 0.2) is 5.82 Å². The van der Waals surface area contributed by atoms with Crippen molar-refractivity contribution in [3.63, 3.8) is 0 Å². The summed E-state index contributed by atoms with van der Waals surface area (Å²) < 4.78 is 5.01. The highest BCUT2D eigenvalue weighted by atomic mass is 16.5. The molecule has 1 aliphatic heterocycles. The third kappa shape index (κ3) is 3.00. The summed E-state index contributed by atoms with van der Waals surface area (Å²) >= 11 is 0. The quantitative estimate of drug-likeness (QED) is 0.828. The van der Waals surface area contributed by atoms with Gasteiger partial charge in [0, 0.05) is 32.5 Å². The average molecular weight is 278 g/mol. The van der Waals surface area contributed by atoms with E-state index in [1.54, 1.807) is 6.92 Å². The van der Waals surface area contributed by atoms with E-state index in [2.05, 4.69) is 15.0 Å². The SMILES string of the molecule is Cc1nc(CN2CCCC(N(C)C(=O)C3CC3)C2)no1. The molecule has 6 heteroatoms. The maximum atomic E-state index is 12.1. The number of carbonyl (C=O) groups excluding carboxylic acids is 1. The lowest BCUT2D eigenvalue weighted by Crippen LogP contribution is -2.48. The van der Waals surface area contributed by atoms with Gasteiger partial charge >= 0.3 is 0 Å². The van der Waals surface area contributed by atoms with Crippen molar-refractivity contribution in [2.24, 2.45) is 5.92 Å². The van der Waals surface area contributed by atoms with Crippen molar-refractivity contribution in [1.82, 2.24) is 19.9 Å². The molecule has 1 saturated carbocycles. The molecule has 2 heterocycles. The number of hydrogen-bond donors (Lipinski definition) is 0. The van der Waals surface area contributed by atoms with E-state index >= 15 is 0 Å². The molecule has 1 unspecified atom stereocenters. The van der Waals surface area contributed by atoms with E-state index < -0.39 is 0 Å². The molecule has 1 aliphatic carbocycles. The predicted molar refractivity (Wildman–Crippen MR) is 72.8 cm³/mol. The van der Waals surface area contributed by atoms with Crippen molar-refractivity contribution < 1.29 is 9.32 Å². The Balaban J connectivity index is 1.56. The maximum Gasteiger partial charge on any atom is 0.225 e. The van der Waals surface area contributed by atoms with E-state index in [0.717, 1.165) is 44.6 Å². The van der Waals surface area contributed by atoms with Crippen molar-refractivity contribution in [2.75, 3.05) is 20.1 Å². The summed E-state index contributed by atoms with van der Waals surface area (Å²) in [5, 5.41) is 3.94. The Morgan fingerprint density at radius 1 is 1.45 bits per heavy atom. The van der Waals surface area contributed by atoms with Crippen LogP contribution in [0.3, 0.4) is 0 Å². The topological polar surface area (TPSA) is 62.5 Å². The Morgan fingerprint density at radius 3 is 2.90 bits per heavy atom. The minimum atomic E-state index is 0.301. The first kappa shape index (κ1) is 13.5. The number of nitrogens with zero attached hydrogens (tertiary/aromatic N) is 4. The van der Waals surface area contributed by atoms with Crippen LogP contribution in [0.1, 0.15) is 37.4 Å². The number of aryl methyl sites for hydroxylation is 1. The van der Waals surface area contributed by atoms with Crippen LogP contribution in [0.15, 0.2) is 4.52 Å². The molecule has 0 aromatic carbocycles. The molecule has 0 radical (unpaired) electrons. The summed E-state index contributed by atoms with van der Waals surface area (Å²) in [5.41, 5.74) is 0. The summed E-state index contributed by atoms with van der Waals surface area (Å²) in [7, 11) is 1.95. The molecule has 20 heavy (non-hydrogen) atoms. The van der Waals surface area contributed by atoms with E-state index in [1.165, 1.54) is 0 Å². The minimum absolute atomic E-state index is 0.301. The fourth-order valence-corrected chi connectivity index (χ4v) is 2.89. The highest BCUT2D eigenvalue weighted by molar-refractivity contribution is 5.81. The second-order valence-electron chi connectivity index (χ2n) is 5.98. The largest absolute Gasteiger partial charge is 0.341 e. The monoisotopic (exact) mass is 278 g/mol. The van der Waals surface area contributed by atoms with E-state index in [0.29, 0.717) is 30.3 Å². The Kier molecular flexibility index (Phi) is 3.74. The molecule has 0 bridgehead atoms. The average Bonchev–Trinajstić information content (AvgIpc) is 3.22. The van der Waals surface area contributed by atoms with E-state index in [1.807, 2.05) is 11.9 Å². The van der Waals surface area contributed by atoms with Crippen LogP contribution in [-0.2, 0) is 11.3 Å². The van der Waals surface area contributed by atoms with Crippen LogP contribution in [0.4, 0.5) is 0 Å². The highest BCUT2D eigenvalue weighted by Gasteiger charge is 2.35. The third-order valence-corrected chi connectivity index (χ3v) is 4.24. The van der Waals surface area contributed by atoms with E-state index in [9.17, 15) is 4.79 Å². The molecule has 0 N–H and O–H groups in total. The third-order valence-electron chi connectivity index (χ3n) is 4.24. The summed E-state index contributed by atoms with van der Waals surface area (Å²) in [5.74, 6) is 1.97. The number of likely N-dealkylation sites (N-methyl/N-ethyl adjacent to an activating group) is 1. The zero-order valence-corrected chi connectivity index (χ0v) is 12.2. The number of hydrogen-bond acceptors (Lipinski definition) is 5. The van der Waals surface area contributed by atoms with Crippen molar-refractivity contribution in [3.8, 4) is 0 Å². The first-order valence-corrected chi connectivity index (χ1v) is 7.41. The normalized spacial score (nSPS) is 23.8. The number of likely N-dealkylation sites (tertiary alicyclic amines) is 1. The van der Waals surface area contributed by atoms with Crippen LogP contribution in [0.25, 0.3) is 0 Å². The minimum Gasteiger partial charge on any atom is -0.341 e. The van der Waals surface area contributed by atoms with E-state index in [-0.39, 0.29) is 0 Å². The molecule has 1 saturated heterocycles. The summed E-state index contributed by atoms with van der Waals surface area (Å²) in [6, 6.07) is 0.324. The number of piperidine rings is 1. The van der Waals surface area contributed by atoms with Gasteiger partial charge in [0.2, 0.25) is 11.8 Å². The van der Waals surface area contributed by atoms with Crippen molar-refractivity contribution in [2.45, 2.75) is 45.2 Å². The molecular weight excluding hydrogens is 256 g/mol. The van der Waals surface area contributed by atoms with Gasteiger partial charge in [-0.15, -0.1) is 0 Å². The summed E-state index contributed by atoms with van der Waals surface area (Å²) in [6.45, 7) is 4.45. The lowest BCUT2D eigenvalue weighted by Gasteiger charge is -2.37. The Bertz CT molecular complexity index is 483. The zero-order valence-electron chi connectivity index (χ0n) is 12.2. The van der Waals surface area contributed by atoms with Gasteiger partial charge in [0.25, 0.3) is 0 Å². The van der Waals surface area contributed by atoms with Crippen LogP contribution >= 0.6 is 0 Å². The molecule has 1 amide bonds. The van der Waals surface area contributed by atoms with Crippen LogP contribution < -0.4 is 0 Å². The fourth-order valence-electron chi connectivity index (χ4n) is 2.89. The molecule has 2 fully saturated rings. The molecular formula is C14H22N4O2. The molecule has 2 aliphatic rings. The Hall–Kier alpha value is -1.43. The van der Waals surface area contributed by atoms with Crippen molar-refractivity contribution in [1.29, 1.82) is 0 Å². The molecule has 3 rings (SSSR count). The predicted octanol–water partition coefficient (Wildman–Crippen LogP) is 1.21. The standard InChI is InChI=1S/C14H22N4O2/c1-10-15-13(16-20-10)9-18-7-3-4-12(8-18)17(2)14(19)11-5-6-11/h11-12H,3-9H2,1-2H3. The lowest BCUT2D eigenvalue weighted by atomic mass is 10.0. The smallest absolute Gasteiger partial charge is 0.225 e. The Labute approximate surface area is 119 Å². The van der Waals surface area contributed by atoms with Crippen LogP contribution in [0, 0.1) is 12.8 Å². The van der Waals surface area contributed by atoms with Gasteiger partial charge in [-0.2, -0.15) is 4.98 Å². The van der Waals surface area contributed by atoms with Gasteiger partial charge in [-0.1, -0.05) is 5.16 Å². The van der Waals surface area contributed by atoms with Crippen LogP contribution in [0.5, 0.6) is 0 Å². The molecule has 1 aromatic heterocycles. The lowest BCUT2D eigenvalue weighted by molar-refractivity contribution is -0.134. The van der Waals surface area contributed by atoms with Gasteiger partial charge in [-0.25, -0.2) is 0 Å². The molecule has 110 valence electrons. The number of aromatic nitrogens is 2. The first-order valence-electron chi connectivity index (χ1n) is 7.41. The van der Waals surface area contributed by atoms with Crippen molar-refractivity contribution in [3.05, 3.63) is 11.7 Å². The van der Waals surface area contributed by atoms with E-state index in [4.69, 9.17) is 4.52 Å². The molecule has 1 aromatic rings. The zero-order chi connectivity index (χ0) is 14.1. The molecule has 0 spiro atoms. The molecule has 1 atom stereocenters. The van der Waals surface area contributed by atoms with Crippen molar-refractivity contribution >= 4 is 5.91 Å². The maximum absolute atomic E-state index is 12.1. The summed E-state index contributed by atoms with van der Waals surface area (Å²) in [4.78, 5) is 20.7. The van der Waals surface area contributed by atoms with Crippen LogP contribution in [-0.4, -0.2) is 52.0 Å². The van der Waals surface area contributed by atoms with Gasteiger partial charge in [-0.05, 0) is 32.2 Å². The van der Waals surface area contributed by atoms with Gasteiger partial charge in [0.05, 0.1) is 6.54 Å². The Morgan fingerprint density at radius 2 is 2.25 bits per heavy atom. The second-order valence-corrected chi connectivity index (χ2v) is 5.98.